The lowest BCUT2D eigenvalue weighted by Gasteiger charge is -2.10. The van der Waals surface area contributed by atoms with E-state index in [1.54, 1.807) is 12.1 Å². The standard InChI is InChI=1S/C15H13ClO4S/c1-8-4-12(14(21-8)15(17)18)20-7-10-6-11(16)5-9-2-3-19-13(9)10/h4-6H,2-3,7H2,1H3,(H,17,18). The first-order valence-electron chi connectivity index (χ1n) is 6.45. The Morgan fingerprint density at radius 2 is 2.29 bits per heavy atom. The van der Waals surface area contributed by atoms with Crippen LogP contribution in [-0.4, -0.2) is 17.7 Å². The third kappa shape index (κ3) is 2.84. The normalized spacial score (nSPS) is 12.9. The Kier molecular flexibility index (Phi) is 3.78. The molecule has 6 heteroatoms. The van der Waals surface area contributed by atoms with Gasteiger partial charge in [-0.25, -0.2) is 4.79 Å². The molecule has 0 bridgehead atoms. The van der Waals surface area contributed by atoms with Gasteiger partial charge in [-0.3, -0.25) is 0 Å². The van der Waals surface area contributed by atoms with E-state index in [0.29, 0.717) is 17.4 Å². The van der Waals surface area contributed by atoms with Gasteiger partial charge in [0.05, 0.1) is 6.61 Å². The van der Waals surface area contributed by atoms with Crippen LogP contribution in [0.25, 0.3) is 0 Å². The van der Waals surface area contributed by atoms with Crippen molar-refractivity contribution in [1.82, 2.24) is 0 Å². The van der Waals surface area contributed by atoms with Crippen LogP contribution in [-0.2, 0) is 13.0 Å². The van der Waals surface area contributed by atoms with Gasteiger partial charge in [-0.05, 0) is 30.7 Å². The summed E-state index contributed by atoms with van der Waals surface area (Å²) in [4.78, 5) is 12.3. The van der Waals surface area contributed by atoms with E-state index < -0.39 is 5.97 Å². The smallest absolute Gasteiger partial charge is 0.349 e. The molecule has 110 valence electrons. The van der Waals surface area contributed by atoms with Crippen LogP contribution < -0.4 is 9.47 Å². The quantitative estimate of drug-likeness (QED) is 0.926. The average Bonchev–Trinajstić information content (AvgIpc) is 3.01. The predicted octanol–water partition coefficient (Wildman–Crippen LogP) is 3.92. The van der Waals surface area contributed by atoms with Crippen molar-refractivity contribution >= 4 is 28.9 Å². The highest BCUT2D eigenvalue weighted by Crippen LogP contribution is 2.35. The summed E-state index contributed by atoms with van der Waals surface area (Å²) in [6.45, 7) is 2.73. The summed E-state index contributed by atoms with van der Waals surface area (Å²) in [7, 11) is 0. The van der Waals surface area contributed by atoms with Crippen LogP contribution in [0.2, 0.25) is 5.02 Å². The molecule has 1 aliphatic rings. The van der Waals surface area contributed by atoms with E-state index in [1.807, 2.05) is 13.0 Å². The molecule has 4 nitrogen and oxygen atoms in total. The molecule has 0 aliphatic carbocycles. The van der Waals surface area contributed by atoms with Crippen molar-refractivity contribution in [3.63, 3.8) is 0 Å². The molecule has 0 saturated heterocycles. The SMILES string of the molecule is Cc1cc(OCc2cc(Cl)cc3c2OCC3)c(C(=O)O)s1. The Bertz CT molecular complexity index is 708. The summed E-state index contributed by atoms with van der Waals surface area (Å²) in [6, 6.07) is 5.43. The molecule has 0 atom stereocenters. The third-order valence-electron chi connectivity index (χ3n) is 3.22. The Balaban J connectivity index is 1.84. The van der Waals surface area contributed by atoms with E-state index in [0.717, 1.165) is 28.2 Å². The summed E-state index contributed by atoms with van der Waals surface area (Å²) in [6.07, 6.45) is 0.834. The highest BCUT2D eigenvalue weighted by Gasteiger charge is 2.20. The highest BCUT2D eigenvalue weighted by atomic mass is 35.5. The van der Waals surface area contributed by atoms with Gasteiger partial charge in [-0.15, -0.1) is 11.3 Å². The summed E-state index contributed by atoms with van der Waals surface area (Å²) in [5.74, 6) is 0.218. The number of rotatable bonds is 4. The third-order valence-corrected chi connectivity index (χ3v) is 4.46. The van der Waals surface area contributed by atoms with Crippen molar-refractivity contribution in [2.45, 2.75) is 20.0 Å². The molecule has 0 spiro atoms. The number of aromatic carboxylic acids is 1. The molecule has 3 rings (SSSR count). The summed E-state index contributed by atoms with van der Waals surface area (Å²) in [5, 5.41) is 9.80. The Hall–Kier alpha value is -1.72. The van der Waals surface area contributed by atoms with Crippen molar-refractivity contribution in [3.8, 4) is 11.5 Å². The fourth-order valence-corrected chi connectivity index (χ4v) is 3.41. The monoisotopic (exact) mass is 324 g/mol. The molecular formula is C15H13ClO4S. The second-order valence-electron chi connectivity index (χ2n) is 4.80. The minimum absolute atomic E-state index is 0.215. The van der Waals surface area contributed by atoms with Crippen molar-refractivity contribution < 1.29 is 19.4 Å². The van der Waals surface area contributed by atoms with E-state index in [-0.39, 0.29) is 11.5 Å². The Morgan fingerprint density at radius 3 is 3.05 bits per heavy atom. The van der Waals surface area contributed by atoms with Crippen molar-refractivity contribution in [2.75, 3.05) is 6.61 Å². The number of carboxylic acids is 1. The summed E-state index contributed by atoms with van der Waals surface area (Å²) in [5.41, 5.74) is 1.91. The van der Waals surface area contributed by atoms with Crippen molar-refractivity contribution in [2.24, 2.45) is 0 Å². The molecule has 1 aromatic heterocycles. The fourth-order valence-electron chi connectivity index (χ4n) is 2.36. The molecule has 21 heavy (non-hydrogen) atoms. The molecule has 2 heterocycles. The van der Waals surface area contributed by atoms with Gasteiger partial charge in [0.25, 0.3) is 0 Å². The minimum Gasteiger partial charge on any atom is -0.493 e. The number of hydrogen-bond donors (Lipinski definition) is 1. The van der Waals surface area contributed by atoms with E-state index in [1.165, 1.54) is 11.3 Å². The van der Waals surface area contributed by atoms with Crippen molar-refractivity contribution in [3.05, 3.63) is 44.1 Å². The van der Waals surface area contributed by atoms with Crippen LogP contribution in [0.15, 0.2) is 18.2 Å². The molecule has 1 N–H and O–H groups in total. The molecule has 0 saturated carbocycles. The fraction of sp³-hybridized carbons (Fsp3) is 0.267. The van der Waals surface area contributed by atoms with Gasteiger partial charge in [0, 0.05) is 21.9 Å². The number of thiophene rings is 1. The molecule has 0 fully saturated rings. The van der Waals surface area contributed by atoms with E-state index >= 15 is 0 Å². The van der Waals surface area contributed by atoms with Gasteiger partial charge in [-0.2, -0.15) is 0 Å². The largest absolute Gasteiger partial charge is 0.493 e. The number of aryl methyl sites for hydroxylation is 1. The van der Waals surface area contributed by atoms with Gasteiger partial charge < -0.3 is 14.6 Å². The first-order valence-corrected chi connectivity index (χ1v) is 7.64. The second-order valence-corrected chi connectivity index (χ2v) is 6.49. The van der Waals surface area contributed by atoms with Gasteiger partial charge in [0.15, 0.2) is 4.88 Å². The number of hydrogen-bond acceptors (Lipinski definition) is 4. The second kappa shape index (κ2) is 5.58. The maximum Gasteiger partial charge on any atom is 0.349 e. The molecule has 0 amide bonds. The van der Waals surface area contributed by atoms with Crippen LogP contribution in [0.3, 0.4) is 0 Å². The van der Waals surface area contributed by atoms with Crippen LogP contribution >= 0.6 is 22.9 Å². The highest BCUT2D eigenvalue weighted by molar-refractivity contribution is 7.14. The average molecular weight is 325 g/mol. The lowest BCUT2D eigenvalue weighted by Crippen LogP contribution is -2.01. The van der Waals surface area contributed by atoms with Crippen LogP contribution in [0.4, 0.5) is 0 Å². The zero-order valence-electron chi connectivity index (χ0n) is 11.3. The first-order chi connectivity index (χ1) is 10.0. The predicted molar refractivity (Wildman–Crippen MR) is 81.0 cm³/mol. The van der Waals surface area contributed by atoms with Gasteiger partial charge in [0.2, 0.25) is 0 Å². The van der Waals surface area contributed by atoms with Gasteiger partial charge in [-0.1, -0.05) is 11.6 Å². The molecule has 1 aromatic carbocycles. The Labute approximate surface area is 130 Å². The lowest BCUT2D eigenvalue weighted by molar-refractivity contribution is 0.0697. The Morgan fingerprint density at radius 1 is 1.48 bits per heavy atom. The number of fused-ring (bicyclic) bond motifs is 1. The maximum atomic E-state index is 11.2. The zero-order valence-corrected chi connectivity index (χ0v) is 12.9. The molecule has 0 unspecified atom stereocenters. The number of halogens is 1. The zero-order chi connectivity index (χ0) is 15.0. The summed E-state index contributed by atoms with van der Waals surface area (Å²) < 4.78 is 11.3. The van der Waals surface area contributed by atoms with E-state index in [9.17, 15) is 4.79 Å². The number of ether oxygens (including phenoxy) is 2. The van der Waals surface area contributed by atoms with Crippen LogP contribution in [0.1, 0.15) is 25.7 Å². The van der Waals surface area contributed by atoms with Crippen LogP contribution in [0.5, 0.6) is 11.5 Å². The summed E-state index contributed by atoms with van der Waals surface area (Å²) >= 11 is 7.30. The van der Waals surface area contributed by atoms with Gasteiger partial charge >= 0.3 is 5.97 Å². The van der Waals surface area contributed by atoms with Crippen LogP contribution in [0, 0.1) is 6.92 Å². The van der Waals surface area contributed by atoms with E-state index in [4.69, 9.17) is 26.2 Å². The lowest BCUT2D eigenvalue weighted by atomic mass is 10.1. The number of benzene rings is 1. The number of carbonyl (C=O) groups is 1. The maximum absolute atomic E-state index is 11.2. The first kappa shape index (κ1) is 14.2. The topological polar surface area (TPSA) is 55.8 Å². The molecule has 2 aromatic rings. The van der Waals surface area contributed by atoms with Gasteiger partial charge in [0.1, 0.15) is 18.1 Å². The molecule has 0 radical (unpaired) electrons. The van der Waals surface area contributed by atoms with Crippen molar-refractivity contribution in [1.29, 1.82) is 0 Å². The number of carboxylic acid groups (broad SMARTS) is 1. The minimum atomic E-state index is -0.976. The molecule has 1 aliphatic heterocycles. The molecular weight excluding hydrogens is 312 g/mol. The van der Waals surface area contributed by atoms with E-state index in [2.05, 4.69) is 0 Å².